The van der Waals surface area contributed by atoms with E-state index in [1.807, 2.05) is 41.1 Å². The lowest BCUT2D eigenvalue weighted by Gasteiger charge is -2.07. The summed E-state index contributed by atoms with van der Waals surface area (Å²) >= 11 is 0. The summed E-state index contributed by atoms with van der Waals surface area (Å²) < 4.78 is 1.92. The first-order valence-electron chi connectivity index (χ1n) is 5.57. The number of carbonyl (C=O) groups is 1. The van der Waals surface area contributed by atoms with Gasteiger partial charge in [0.15, 0.2) is 0 Å². The van der Waals surface area contributed by atoms with Crippen LogP contribution in [0.1, 0.15) is 10.4 Å². The lowest BCUT2D eigenvalue weighted by molar-refractivity contribution is 0.100. The van der Waals surface area contributed by atoms with Gasteiger partial charge >= 0.3 is 0 Å². The van der Waals surface area contributed by atoms with E-state index in [2.05, 4.69) is 4.98 Å². The highest BCUT2D eigenvalue weighted by Gasteiger charge is 2.11. The van der Waals surface area contributed by atoms with Gasteiger partial charge in [0, 0.05) is 17.8 Å². The topological polar surface area (TPSA) is 60.9 Å². The fourth-order valence-corrected chi connectivity index (χ4v) is 2.10. The van der Waals surface area contributed by atoms with Gasteiger partial charge in [-0.2, -0.15) is 0 Å². The van der Waals surface area contributed by atoms with Crippen molar-refractivity contribution < 1.29 is 4.79 Å². The predicted octanol–water partition coefficient (Wildman–Crippen LogP) is 2.12. The van der Waals surface area contributed by atoms with Crippen molar-refractivity contribution in [3.8, 4) is 5.69 Å². The average molecular weight is 237 g/mol. The molecule has 2 aromatic heterocycles. The number of amides is 1. The van der Waals surface area contributed by atoms with Crippen LogP contribution in [0, 0.1) is 0 Å². The van der Waals surface area contributed by atoms with Gasteiger partial charge in [0.25, 0.3) is 5.91 Å². The molecule has 0 bridgehead atoms. The van der Waals surface area contributed by atoms with Crippen molar-refractivity contribution in [2.75, 3.05) is 0 Å². The minimum Gasteiger partial charge on any atom is -0.366 e. The number of rotatable bonds is 2. The molecule has 1 amide bonds. The second-order valence-electron chi connectivity index (χ2n) is 4.00. The number of nitrogens with zero attached hydrogens (tertiary/aromatic N) is 2. The predicted molar refractivity (Wildman–Crippen MR) is 69.6 cm³/mol. The number of benzene rings is 1. The summed E-state index contributed by atoms with van der Waals surface area (Å²) in [7, 11) is 0. The molecule has 0 spiro atoms. The summed E-state index contributed by atoms with van der Waals surface area (Å²) in [5.41, 5.74) is 7.65. The van der Waals surface area contributed by atoms with Crippen LogP contribution >= 0.6 is 0 Å². The highest BCUT2D eigenvalue weighted by atomic mass is 16.1. The zero-order chi connectivity index (χ0) is 12.5. The first-order chi connectivity index (χ1) is 8.77. The number of hydrogen-bond acceptors (Lipinski definition) is 2. The Morgan fingerprint density at radius 2 is 2.06 bits per heavy atom. The molecule has 0 unspecified atom stereocenters. The lowest BCUT2D eigenvalue weighted by atomic mass is 10.1. The number of aromatic nitrogens is 2. The molecule has 0 saturated heterocycles. The molecule has 88 valence electrons. The minimum absolute atomic E-state index is 0.426. The third-order valence-electron chi connectivity index (χ3n) is 2.90. The van der Waals surface area contributed by atoms with Crippen molar-refractivity contribution in [3.63, 3.8) is 0 Å². The van der Waals surface area contributed by atoms with Crippen molar-refractivity contribution in [3.05, 3.63) is 60.6 Å². The van der Waals surface area contributed by atoms with E-state index in [1.54, 1.807) is 18.5 Å². The normalized spacial score (nSPS) is 10.7. The fourth-order valence-electron chi connectivity index (χ4n) is 2.10. The summed E-state index contributed by atoms with van der Waals surface area (Å²) in [5.74, 6) is -0.426. The largest absolute Gasteiger partial charge is 0.366 e. The maximum absolute atomic E-state index is 11.5. The van der Waals surface area contributed by atoms with E-state index >= 15 is 0 Å². The molecule has 0 aliphatic carbocycles. The number of primary amides is 1. The Balaban J connectivity index is 2.35. The molecule has 0 radical (unpaired) electrons. The van der Waals surface area contributed by atoms with Gasteiger partial charge in [-0.1, -0.05) is 12.1 Å². The van der Waals surface area contributed by atoms with Gasteiger partial charge in [-0.05, 0) is 24.3 Å². The first kappa shape index (κ1) is 10.5. The molecule has 0 aliphatic heterocycles. The summed E-state index contributed by atoms with van der Waals surface area (Å²) in [6, 6.07) is 11.3. The van der Waals surface area contributed by atoms with Crippen LogP contribution in [0.3, 0.4) is 0 Å². The van der Waals surface area contributed by atoms with Crippen LogP contribution in [0.25, 0.3) is 16.6 Å². The molecule has 0 aliphatic rings. The number of para-hydroxylation sites is 1. The van der Waals surface area contributed by atoms with E-state index in [1.165, 1.54) is 0 Å². The Morgan fingerprint density at radius 3 is 2.78 bits per heavy atom. The van der Waals surface area contributed by atoms with Gasteiger partial charge < -0.3 is 10.3 Å². The van der Waals surface area contributed by atoms with E-state index in [4.69, 9.17) is 5.73 Å². The van der Waals surface area contributed by atoms with E-state index in [-0.39, 0.29) is 0 Å². The van der Waals surface area contributed by atoms with Crippen molar-refractivity contribution in [2.45, 2.75) is 0 Å². The first-order valence-corrected chi connectivity index (χ1v) is 5.57. The average Bonchev–Trinajstić information content (AvgIpc) is 2.83. The molecule has 4 heteroatoms. The maximum Gasteiger partial charge on any atom is 0.250 e. The summed E-state index contributed by atoms with van der Waals surface area (Å²) in [5, 5.41) is 0.982. The Kier molecular flexibility index (Phi) is 2.34. The monoisotopic (exact) mass is 237 g/mol. The lowest BCUT2D eigenvalue weighted by Crippen LogP contribution is -2.12. The van der Waals surface area contributed by atoms with Crippen LogP contribution in [0.4, 0.5) is 0 Å². The Morgan fingerprint density at radius 1 is 1.17 bits per heavy atom. The second-order valence-corrected chi connectivity index (χ2v) is 4.00. The zero-order valence-electron chi connectivity index (χ0n) is 9.58. The van der Waals surface area contributed by atoms with Crippen molar-refractivity contribution in [1.82, 2.24) is 9.55 Å². The van der Waals surface area contributed by atoms with Crippen LogP contribution in [0.2, 0.25) is 0 Å². The van der Waals surface area contributed by atoms with Crippen molar-refractivity contribution in [2.24, 2.45) is 5.73 Å². The Bertz CT molecular complexity index is 716. The highest BCUT2D eigenvalue weighted by Crippen LogP contribution is 2.23. The maximum atomic E-state index is 11.5. The third-order valence-corrected chi connectivity index (χ3v) is 2.90. The summed E-state index contributed by atoms with van der Waals surface area (Å²) in [6.07, 6.45) is 5.37. The van der Waals surface area contributed by atoms with Crippen LogP contribution in [0.15, 0.2) is 55.0 Å². The quantitative estimate of drug-likeness (QED) is 0.742. The Labute approximate surface area is 104 Å². The molecule has 0 fully saturated rings. The second kappa shape index (κ2) is 4.00. The molecule has 1 aromatic carbocycles. The number of hydrogen-bond donors (Lipinski definition) is 1. The SMILES string of the molecule is NC(=O)c1cccc2ccn(-c3cccnc3)c12. The molecule has 18 heavy (non-hydrogen) atoms. The van der Waals surface area contributed by atoms with Crippen LogP contribution in [0.5, 0.6) is 0 Å². The van der Waals surface area contributed by atoms with Gasteiger partial charge in [-0.15, -0.1) is 0 Å². The minimum atomic E-state index is -0.426. The van der Waals surface area contributed by atoms with E-state index < -0.39 is 5.91 Å². The standard InChI is InChI=1S/C14H11N3O/c15-14(18)12-5-1-3-10-6-8-17(13(10)12)11-4-2-7-16-9-11/h1-9H,(H2,15,18). The smallest absolute Gasteiger partial charge is 0.250 e. The highest BCUT2D eigenvalue weighted by molar-refractivity contribution is 6.05. The number of pyridine rings is 1. The zero-order valence-corrected chi connectivity index (χ0v) is 9.58. The van der Waals surface area contributed by atoms with Crippen LogP contribution in [-0.2, 0) is 0 Å². The van der Waals surface area contributed by atoms with Gasteiger partial charge in [0.05, 0.1) is 23.0 Å². The molecule has 3 rings (SSSR count). The molecular weight excluding hydrogens is 226 g/mol. The van der Waals surface area contributed by atoms with E-state index in [9.17, 15) is 4.79 Å². The number of fused-ring (bicyclic) bond motifs is 1. The number of nitrogens with two attached hydrogens (primary N) is 1. The van der Waals surface area contributed by atoms with Crippen LogP contribution in [-0.4, -0.2) is 15.5 Å². The molecule has 0 atom stereocenters. The Hall–Kier alpha value is -2.62. The van der Waals surface area contributed by atoms with Gasteiger partial charge in [-0.25, -0.2) is 0 Å². The van der Waals surface area contributed by atoms with Gasteiger partial charge in [0.2, 0.25) is 0 Å². The van der Waals surface area contributed by atoms with Crippen LogP contribution < -0.4 is 5.73 Å². The molecule has 2 N–H and O–H groups in total. The summed E-state index contributed by atoms with van der Waals surface area (Å²) in [4.78, 5) is 15.6. The molecular formula is C14H11N3O. The van der Waals surface area contributed by atoms with Gasteiger partial charge in [-0.3, -0.25) is 9.78 Å². The van der Waals surface area contributed by atoms with Crippen molar-refractivity contribution in [1.29, 1.82) is 0 Å². The third kappa shape index (κ3) is 1.55. The van der Waals surface area contributed by atoms with Gasteiger partial charge in [0.1, 0.15) is 0 Å². The fraction of sp³-hybridized carbons (Fsp3) is 0. The number of carbonyl (C=O) groups excluding carboxylic acids is 1. The van der Waals surface area contributed by atoms with E-state index in [0.29, 0.717) is 5.56 Å². The van der Waals surface area contributed by atoms with E-state index in [0.717, 1.165) is 16.6 Å². The molecule has 0 saturated carbocycles. The van der Waals surface area contributed by atoms with Crippen molar-refractivity contribution >= 4 is 16.8 Å². The molecule has 4 nitrogen and oxygen atoms in total. The molecule has 3 aromatic rings. The molecule has 2 heterocycles. The summed E-state index contributed by atoms with van der Waals surface area (Å²) in [6.45, 7) is 0.